The van der Waals surface area contributed by atoms with Gasteiger partial charge in [-0.15, -0.1) is 0 Å². The number of carbonyl (C=O) groups is 1. The second-order valence-corrected chi connectivity index (χ2v) is 4.05. The average Bonchev–Trinajstić information content (AvgIpc) is 3.05. The lowest BCUT2D eigenvalue weighted by molar-refractivity contribution is 0.0950. The van der Waals surface area contributed by atoms with Gasteiger partial charge in [0.05, 0.1) is 0 Å². The van der Waals surface area contributed by atoms with Crippen molar-refractivity contribution in [1.29, 1.82) is 0 Å². The molecule has 0 bridgehead atoms. The SMILES string of the molecule is CNC(=O)c1noc(-c2ccc3c(c2)NCC3)n1. The molecule has 2 N–H and O–H groups in total. The molecule has 1 amide bonds. The quantitative estimate of drug-likeness (QED) is 0.825. The highest BCUT2D eigenvalue weighted by molar-refractivity contribution is 5.90. The molecule has 0 spiro atoms. The lowest BCUT2D eigenvalue weighted by Crippen LogP contribution is -2.19. The van der Waals surface area contributed by atoms with E-state index in [1.165, 1.54) is 12.6 Å². The molecule has 6 nitrogen and oxygen atoms in total. The van der Waals surface area contributed by atoms with Gasteiger partial charge >= 0.3 is 0 Å². The number of rotatable bonds is 2. The summed E-state index contributed by atoms with van der Waals surface area (Å²) in [5.41, 5.74) is 3.18. The third-order valence-electron chi connectivity index (χ3n) is 2.92. The molecule has 0 radical (unpaired) electrons. The van der Waals surface area contributed by atoms with Gasteiger partial charge in [0.2, 0.25) is 0 Å². The number of anilines is 1. The minimum Gasteiger partial charge on any atom is -0.384 e. The van der Waals surface area contributed by atoms with Crippen LogP contribution < -0.4 is 10.6 Å². The Bertz CT molecular complexity index is 606. The van der Waals surface area contributed by atoms with Crippen LogP contribution in [0.15, 0.2) is 22.7 Å². The predicted octanol–water partition coefficient (Wildman–Crippen LogP) is 1.06. The van der Waals surface area contributed by atoms with Gasteiger partial charge in [-0.25, -0.2) is 0 Å². The van der Waals surface area contributed by atoms with Crippen LogP contribution in [0.25, 0.3) is 11.5 Å². The highest BCUT2D eigenvalue weighted by Gasteiger charge is 2.16. The highest BCUT2D eigenvalue weighted by Crippen LogP contribution is 2.27. The average molecular weight is 244 g/mol. The lowest BCUT2D eigenvalue weighted by Gasteiger charge is -2.00. The summed E-state index contributed by atoms with van der Waals surface area (Å²) >= 11 is 0. The molecule has 0 aliphatic carbocycles. The van der Waals surface area contributed by atoms with Crippen LogP contribution in [0, 0.1) is 0 Å². The molecule has 1 aromatic heterocycles. The molecule has 1 aliphatic heterocycles. The van der Waals surface area contributed by atoms with Crippen LogP contribution in [-0.2, 0) is 6.42 Å². The van der Waals surface area contributed by atoms with Crippen molar-refractivity contribution in [3.05, 3.63) is 29.6 Å². The van der Waals surface area contributed by atoms with Crippen molar-refractivity contribution in [1.82, 2.24) is 15.5 Å². The zero-order valence-corrected chi connectivity index (χ0v) is 9.86. The summed E-state index contributed by atoms with van der Waals surface area (Å²) in [6.45, 7) is 0.951. The lowest BCUT2D eigenvalue weighted by atomic mass is 10.1. The van der Waals surface area contributed by atoms with Gasteiger partial charge in [0.1, 0.15) is 0 Å². The van der Waals surface area contributed by atoms with Gasteiger partial charge in [-0.2, -0.15) is 4.98 Å². The molecule has 0 saturated heterocycles. The number of nitrogens with one attached hydrogen (secondary N) is 2. The van der Waals surface area contributed by atoms with E-state index in [4.69, 9.17) is 4.52 Å². The molecule has 0 saturated carbocycles. The second kappa shape index (κ2) is 4.14. The largest absolute Gasteiger partial charge is 0.384 e. The second-order valence-electron chi connectivity index (χ2n) is 4.05. The van der Waals surface area contributed by atoms with Crippen LogP contribution in [0.1, 0.15) is 16.2 Å². The van der Waals surface area contributed by atoms with E-state index in [2.05, 4.69) is 20.8 Å². The maximum Gasteiger partial charge on any atom is 0.292 e. The van der Waals surface area contributed by atoms with Crippen LogP contribution in [-0.4, -0.2) is 29.6 Å². The Kier molecular flexibility index (Phi) is 2.47. The molecular formula is C12H12N4O2. The maximum atomic E-state index is 11.3. The van der Waals surface area contributed by atoms with Gasteiger partial charge in [-0.3, -0.25) is 4.79 Å². The molecule has 0 unspecified atom stereocenters. The van der Waals surface area contributed by atoms with Crippen molar-refractivity contribution >= 4 is 11.6 Å². The van der Waals surface area contributed by atoms with Crippen molar-refractivity contribution < 1.29 is 9.32 Å². The topological polar surface area (TPSA) is 80.0 Å². The Labute approximate surface area is 103 Å². The zero-order valence-electron chi connectivity index (χ0n) is 9.86. The molecule has 2 heterocycles. The van der Waals surface area contributed by atoms with E-state index in [1.54, 1.807) is 0 Å². The zero-order chi connectivity index (χ0) is 12.5. The van der Waals surface area contributed by atoms with Gasteiger partial charge in [-0.1, -0.05) is 11.2 Å². The Morgan fingerprint density at radius 2 is 2.39 bits per heavy atom. The van der Waals surface area contributed by atoms with Crippen LogP contribution in [0.5, 0.6) is 0 Å². The maximum absolute atomic E-state index is 11.3. The Morgan fingerprint density at radius 1 is 1.50 bits per heavy atom. The Morgan fingerprint density at radius 3 is 3.22 bits per heavy atom. The molecule has 3 rings (SSSR count). The van der Waals surface area contributed by atoms with Gasteiger partial charge in [0, 0.05) is 24.8 Å². The molecule has 6 heteroatoms. The molecule has 1 aromatic carbocycles. The minimum atomic E-state index is -0.357. The fraction of sp³-hybridized carbons (Fsp3) is 0.250. The number of fused-ring (bicyclic) bond motifs is 1. The van der Waals surface area contributed by atoms with Crippen LogP contribution in [0.4, 0.5) is 5.69 Å². The normalized spacial score (nSPS) is 12.9. The summed E-state index contributed by atoms with van der Waals surface area (Å²) in [5.74, 6) is 0.0374. The molecular weight excluding hydrogens is 232 g/mol. The molecule has 0 fully saturated rings. The summed E-state index contributed by atoms with van der Waals surface area (Å²) < 4.78 is 5.08. The van der Waals surface area contributed by atoms with Crippen molar-refractivity contribution in [2.24, 2.45) is 0 Å². The first-order valence-electron chi connectivity index (χ1n) is 5.71. The smallest absolute Gasteiger partial charge is 0.292 e. The molecule has 0 atom stereocenters. The molecule has 2 aromatic rings. The highest BCUT2D eigenvalue weighted by atomic mass is 16.5. The minimum absolute atomic E-state index is 0.0426. The number of hydrogen-bond acceptors (Lipinski definition) is 5. The first-order valence-corrected chi connectivity index (χ1v) is 5.71. The third-order valence-corrected chi connectivity index (χ3v) is 2.92. The van der Waals surface area contributed by atoms with E-state index >= 15 is 0 Å². The number of aromatic nitrogens is 2. The van der Waals surface area contributed by atoms with Crippen LogP contribution in [0.3, 0.4) is 0 Å². The first kappa shape index (κ1) is 10.8. The molecule has 1 aliphatic rings. The first-order chi connectivity index (χ1) is 8.78. The summed E-state index contributed by atoms with van der Waals surface area (Å²) in [7, 11) is 1.53. The van der Waals surface area contributed by atoms with E-state index in [1.807, 2.05) is 18.2 Å². The Hall–Kier alpha value is -2.37. The van der Waals surface area contributed by atoms with Gasteiger partial charge in [0.25, 0.3) is 17.6 Å². The van der Waals surface area contributed by atoms with Crippen molar-refractivity contribution in [2.45, 2.75) is 6.42 Å². The summed E-state index contributed by atoms with van der Waals surface area (Å²) in [5, 5.41) is 9.37. The predicted molar refractivity (Wildman–Crippen MR) is 65.3 cm³/mol. The van der Waals surface area contributed by atoms with E-state index in [9.17, 15) is 4.79 Å². The van der Waals surface area contributed by atoms with Crippen molar-refractivity contribution in [2.75, 3.05) is 18.9 Å². The monoisotopic (exact) mass is 244 g/mol. The standard InChI is InChI=1S/C12H12N4O2/c1-13-11(17)10-15-12(18-16-10)8-3-2-7-4-5-14-9(7)6-8/h2-3,6,14H,4-5H2,1H3,(H,13,17). The van der Waals surface area contributed by atoms with E-state index in [0.29, 0.717) is 5.89 Å². The van der Waals surface area contributed by atoms with Gasteiger partial charge < -0.3 is 15.2 Å². The van der Waals surface area contributed by atoms with Gasteiger partial charge in [-0.05, 0) is 24.1 Å². The fourth-order valence-corrected chi connectivity index (χ4v) is 1.97. The van der Waals surface area contributed by atoms with E-state index < -0.39 is 0 Å². The number of amides is 1. The summed E-state index contributed by atoms with van der Waals surface area (Å²) in [6.07, 6.45) is 1.03. The number of carbonyl (C=O) groups excluding carboxylic acids is 1. The summed E-state index contributed by atoms with van der Waals surface area (Å²) in [4.78, 5) is 15.4. The number of nitrogens with zero attached hydrogens (tertiary/aromatic N) is 2. The van der Waals surface area contributed by atoms with E-state index in [0.717, 1.165) is 24.2 Å². The van der Waals surface area contributed by atoms with Crippen molar-refractivity contribution in [3.8, 4) is 11.5 Å². The fourth-order valence-electron chi connectivity index (χ4n) is 1.97. The number of benzene rings is 1. The summed E-state index contributed by atoms with van der Waals surface area (Å²) in [6, 6.07) is 5.92. The van der Waals surface area contributed by atoms with Crippen LogP contribution >= 0.6 is 0 Å². The third kappa shape index (κ3) is 1.71. The molecule has 92 valence electrons. The Balaban J connectivity index is 1.95. The molecule has 18 heavy (non-hydrogen) atoms. The van der Waals surface area contributed by atoms with Crippen LogP contribution in [0.2, 0.25) is 0 Å². The van der Waals surface area contributed by atoms with Gasteiger partial charge in [0.15, 0.2) is 0 Å². The van der Waals surface area contributed by atoms with Crippen molar-refractivity contribution in [3.63, 3.8) is 0 Å². The van der Waals surface area contributed by atoms with E-state index in [-0.39, 0.29) is 11.7 Å². The number of hydrogen-bond donors (Lipinski definition) is 2.